The van der Waals surface area contributed by atoms with Gasteiger partial charge in [0.05, 0.1) is 17.1 Å². The minimum Gasteiger partial charge on any atom is -0.464 e. The Balaban J connectivity index is 0.00000176. The summed E-state index contributed by atoms with van der Waals surface area (Å²) < 4.78 is 18.6. The Morgan fingerprint density at radius 2 is 1.88 bits per heavy atom. The fourth-order valence-corrected chi connectivity index (χ4v) is 2.92. The highest BCUT2D eigenvalue weighted by molar-refractivity contribution is 6.35. The van der Waals surface area contributed by atoms with Gasteiger partial charge in [0.1, 0.15) is 16.7 Å². The molecule has 0 amide bonds. The van der Waals surface area contributed by atoms with Gasteiger partial charge in [-0.2, -0.15) is 0 Å². The summed E-state index contributed by atoms with van der Waals surface area (Å²) in [6, 6.07) is 10.0. The van der Waals surface area contributed by atoms with Crippen LogP contribution >= 0.6 is 23.2 Å². The number of aromatic nitrogens is 2. The van der Waals surface area contributed by atoms with Crippen LogP contribution in [0.3, 0.4) is 0 Å². The molecular weight excluding hydrogens is 462 g/mol. The third kappa shape index (κ3) is 5.68. The molecular formula is C21H19Cl2FN4O4. The predicted octanol–water partition coefficient (Wildman–Crippen LogP) is 5.92. The Morgan fingerprint density at radius 1 is 1.19 bits per heavy atom. The van der Waals surface area contributed by atoms with Crippen molar-refractivity contribution in [3.8, 4) is 11.4 Å². The summed E-state index contributed by atoms with van der Waals surface area (Å²) in [7, 11) is 1.16. The van der Waals surface area contributed by atoms with E-state index in [1.165, 1.54) is 18.2 Å². The Kier molecular flexibility index (Phi) is 8.86. The van der Waals surface area contributed by atoms with E-state index in [2.05, 4.69) is 15.3 Å². The molecule has 1 aromatic heterocycles. The molecule has 0 saturated heterocycles. The molecule has 3 rings (SSSR count). The number of hydrogen-bond acceptors (Lipinski definition) is 7. The first-order chi connectivity index (χ1) is 15.3. The molecule has 0 aliphatic carbocycles. The maximum atomic E-state index is 13.9. The lowest BCUT2D eigenvalue weighted by Crippen LogP contribution is -2.12. The summed E-state index contributed by atoms with van der Waals surface area (Å²) in [5.74, 6) is -1.51. The lowest BCUT2D eigenvalue weighted by Gasteiger charge is -2.12. The van der Waals surface area contributed by atoms with E-state index >= 15 is 0 Å². The second-order valence-corrected chi connectivity index (χ2v) is 6.70. The maximum absolute atomic E-state index is 13.9. The Bertz CT molecular complexity index is 1140. The van der Waals surface area contributed by atoms with Gasteiger partial charge in [-0.05, 0) is 18.2 Å². The fraction of sp³-hybridized carbons (Fsp3) is 0.190. The molecule has 1 heterocycles. The van der Waals surface area contributed by atoms with Crippen molar-refractivity contribution in [1.82, 2.24) is 9.97 Å². The standard InChI is InChI=1S/C19H13Cl2FN4O4.C2H6/c1-30-19(27)16-15(21)18(23-9-11-4-2-3-5-14(11)26(28)29)25-17(24-16)10-6-7-12(20)13(22)8-10;1-2/h2-8H,9H2,1H3,(H,23,24,25);1-2H3. The van der Waals surface area contributed by atoms with Gasteiger partial charge in [0.15, 0.2) is 11.5 Å². The molecule has 2 aromatic carbocycles. The smallest absolute Gasteiger partial charge is 0.358 e. The van der Waals surface area contributed by atoms with Gasteiger partial charge in [-0.15, -0.1) is 0 Å². The van der Waals surface area contributed by atoms with Crippen LogP contribution in [0.2, 0.25) is 10.0 Å². The molecule has 168 valence electrons. The molecule has 0 fully saturated rings. The molecule has 0 spiro atoms. The molecule has 11 heteroatoms. The van der Waals surface area contributed by atoms with E-state index in [-0.39, 0.29) is 45.2 Å². The predicted molar refractivity (Wildman–Crippen MR) is 121 cm³/mol. The van der Waals surface area contributed by atoms with Crippen LogP contribution < -0.4 is 5.32 Å². The highest BCUT2D eigenvalue weighted by Crippen LogP contribution is 2.30. The zero-order valence-electron chi connectivity index (χ0n) is 17.4. The molecule has 0 unspecified atom stereocenters. The minimum absolute atomic E-state index is 0.0110. The summed E-state index contributed by atoms with van der Waals surface area (Å²) in [6.07, 6.45) is 0. The summed E-state index contributed by atoms with van der Waals surface area (Å²) in [5.41, 5.74) is 0.274. The monoisotopic (exact) mass is 480 g/mol. The number of rotatable bonds is 6. The SMILES string of the molecule is CC.COC(=O)c1nc(-c2ccc(Cl)c(F)c2)nc(NCc2ccccc2[N+](=O)[O-])c1Cl. The summed E-state index contributed by atoms with van der Waals surface area (Å²) in [5, 5.41) is 13.8. The van der Waals surface area contributed by atoms with Gasteiger partial charge in [-0.25, -0.2) is 19.2 Å². The minimum atomic E-state index is -0.827. The number of nitrogens with zero attached hydrogens (tertiary/aromatic N) is 3. The number of para-hydroxylation sites is 1. The number of halogens is 3. The maximum Gasteiger partial charge on any atom is 0.358 e. The summed E-state index contributed by atoms with van der Waals surface area (Å²) in [6.45, 7) is 3.99. The van der Waals surface area contributed by atoms with E-state index in [0.29, 0.717) is 5.56 Å². The zero-order valence-corrected chi connectivity index (χ0v) is 18.9. The first-order valence-electron chi connectivity index (χ1n) is 9.39. The number of nitro groups is 1. The topological polar surface area (TPSA) is 107 Å². The van der Waals surface area contributed by atoms with E-state index in [1.807, 2.05) is 13.8 Å². The van der Waals surface area contributed by atoms with Gasteiger partial charge >= 0.3 is 5.97 Å². The normalized spacial score (nSPS) is 10.1. The van der Waals surface area contributed by atoms with Crippen LogP contribution in [-0.4, -0.2) is 28.0 Å². The number of anilines is 1. The molecule has 0 aliphatic heterocycles. The summed E-state index contributed by atoms with van der Waals surface area (Å²) >= 11 is 12.0. The number of nitro benzene ring substituents is 1. The Morgan fingerprint density at radius 3 is 2.50 bits per heavy atom. The van der Waals surface area contributed by atoms with Crippen molar-refractivity contribution in [1.29, 1.82) is 0 Å². The summed E-state index contributed by atoms with van der Waals surface area (Å²) in [4.78, 5) is 31.1. The molecule has 0 bridgehead atoms. The quantitative estimate of drug-likeness (QED) is 0.264. The second kappa shape index (κ2) is 11.4. The van der Waals surface area contributed by atoms with E-state index in [1.54, 1.807) is 18.2 Å². The Hall–Kier alpha value is -3.30. The van der Waals surface area contributed by atoms with Crippen LogP contribution in [0.1, 0.15) is 29.9 Å². The third-order valence-electron chi connectivity index (χ3n) is 4.04. The molecule has 8 nitrogen and oxygen atoms in total. The number of ether oxygens (including phenoxy) is 1. The van der Waals surface area contributed by atoms with E-state index in [9.17, 15) is 19.3 Å². The van der Waals surface area contributed by atoms with Crippen molar-refractivity contribution in [3.05, 3.63) is 79.7 Å². The van der Waals surface area contributed by atoms with Crippen LogP contribution in [-0.2, 0) is 11.3 Å². The lowest BCUT2D eigenvalue weighted by atomic mass is 10.2. The number of carbonyl (C=O) groups excluding carboxylic acids is 1. The average molecular weight is 481 g/mol. The van der Waals surface area contributed by atoms with E-state index < -0.39 is 16.7 Å². The van der Waals surface area contributed by atoms with Gasteiger partial charge in [0, 0.05) is 23.7 Å². The van der Waals surface area contributed by atoms with Crippen molar-refractivity contribution in [3.63, 3.8) is 0 Å². The molecule has 3 aromatic rings. The first-order valence-corrected chi connectivity index (χ1v) is 10.1. The van der Waals surface area contributed by atoms with Crippen LogP contribution in [0.15, 0.2) is 42.5 Å². The largest absolute Gasteiger partial charge is 0.464 e. The number of esters is 1. The third-order valence-corrected chi connectivity index (χ3v) is 4.71. The van der Waals surface area contributed by atoms with Crippen molar-refractivity contribution in [2.24, 2.45) is 0 Å². The van der Waals surface area contributed by atoms with Crippen molar-refractivity contribution >= 4 is 40.7 Å². The van der Waals surface area contributed by atoms with Crippen LogP contribution in [0, 0.1) is 15.9 Å². The van der Waals surface area contributed by atoms with E-state index in [0.717, 1.165) is 13.2 Å². The number of hydrogen-bond donors (Lipinski definition) is 1. The molecule has 0 saturated carbocycles. The number of benzene rings is 2. The van der Waals surface area contributed by atoms with Gasteiger partial charge < -0.3 is 10.1 Å². The zero-order chi connectivity index (χ0) is 23.8. The van der Waals surface area contributed by atoms with Gasteiger partial charge in [0.2, 0.25) is 0 Å². The van der Waals surface area contributed by atoms with Crippen molar-refractivity contribution in [2.45, 2.75) is 20.4 Å². The van der Waals surface area contributed by atoms with Crippen LogP contribution in [0.5, 0.6) is 0 Å². The highest BCUT2D eigenvalue weighted by Gasteiger charge is 2.21. The molecule has 0 aliphatic rings. The van der Waals surface area contributed by atoms with Crippen molar-refractivity contribution < 1.29 is 18.8 Å². The van der Waals surface area contributed by atoms with Gasteiger partial charge in [-0.1, -0.05) is 55.2 Å². The van der Waals surface area contributed by atoms with Crippen LogP contribution in [0.25, 0.3) is 11.4 Å². The number of carbonyl (C=O) groups is 1. The molecule has 0 atom stereocenters. The highest BCUT2D eigenvalue weighted by atomic mass is 35.5. The number of methoxy groups -OCH3 is 1. The lowest BCUT2D eigenvalue weighted by molar-refractivity contribution is -0.385. The average Bonchev–Trinajstić information content (AvgIpc) is 2.81. The first kappa shape index (κ1) is 25.0. The van der Waals surface area contributed by atoms with Gasteiger partial charge in [-0.3, -0.25) is 10.1 Å². The van der Waals surface area contributed by atoms with Crippen molar-refractivity contribution in [2.75, 3.05) is 12.4 Å². The number of nitrogens with one attached hydrogen (secondary N) is 1. The second-order valence-electron chi connectivity index (χ2n) is 5.92. The molecule has 1 N–H and O–H groups in total. The Labute approximate surface area is 193 Å². The molecule has 32 heavy (non-hydrogen) atoms. The van der Waals surface area contributed by atoms with Gasteiger partial charge in [0.25, 0.3) is 5.69 Å². The van der Waals surface area contributed by atoms with Crippen LogP contribution in [0.4, 0.5) is 15.9 Å². The van der Waals surface area contributed by atoms with E-state index in [4.69, 9.17) is 27.9 Å². The fourth-order valence-electron chi connectivity index (χ4n) is 2.58. The molecule has 0 radical (unpaired) electrons.